The SMILES string of the molecule is COC(=O)CSc1nncc(OC)c1C#N. The van der Waals surface area contributed by atoms with E-state index in [1.807, 2.05) is 6.07 Å². The highest BCUT2D eigenvalue weighted by Gasteiger charge is 2.13. The van der Waals surface area contributed by atoms with E-state index < -0.39 is 5.97 Å². The Morgan fingerprint density at radius 2 is 2.38 bits per heavy atom. The van der Waals surface area contributed by atoms with Crippen molar-refractivity contribution < 1.29 is 14.3 Å². The number of hydrogen-bond donors (Lipinski definition) is 0. The van der Waals surface area contributed by atoms with Crippen molar-refractivity contribution in [3.8, 4) is 11.8 Å². The molecule has 0 fully saturated rings. The Hall–Kier alpha value is -1.81. The van der Waals surface area contributed by atoms with Gasteiger partial charge in [-0.2, -0.15) is 10.4 Å². The lowest BCUT2D eigenvalue weighted by atomic mass is 10.3. The number of nitriles is 1. The zero-order valence-corrected chi connectivity index (χ0v) is 9.58. The maximum Gasteiger partial charge on any atom is 0.316 e. The van der Waals surface area contributed by atoms with E-state index in [4.69, 9.17) is 10.00 Å². The summed E-state index contributed by atoms with van der Waals surface area (Å²) in [4.78, 5) is 10.9. The van der Waals surface area contributed by atoms with Crippen LogP contribution in [0.4, 0.5) is 0 Å². The minimum absolute atomic E-state index is 0.0764. The molecule has 0 saturated heterocycles. The highest BCUT2D eigenvalue weighted by atomic mass is 32.2. The molecule has 0 radical (unpaired) electrons. The third-order valence-corrected chi connectivity index (χ3v) is 2.61. The summed E-state index contributed by atoms with van der Waals surface area (Å²) in [7, 11) is 2.73. The summed E-state index contributed by atoms with van der Waals surface area (Å²) in [5, 5.41) is 16.7. The van der Waals surface area contributed by atoms with Gasteiger partial charge in [0.15, 0.2) is 5.75 Å². The first-order chi connectivity index (χ1) is 7.72. The van der Waals surface area contributed by atoms with Crippen LogP contribution in [0, 0.1) is 11.3 Å². The molecule has 16 heavy (non-hydrogen) atoms. The number of ether oxygens (including phenoxy) is 2. The van der Waals surface area contributed by atoms with Crippen molar-refractivity contribution in [3.05, 3.63) is 11.8 Å². The molecule has 1 aromatic rings. The normalized spacial score (nSPS) is 9.31. The van der Waals surface area contributed by atoms with Crippen LogP contribution in [0.1, 0.15) is 5.56 Å². The van der Waals surface area contributed by atoms with Crippen LogP contribution < -0.4 is 4.74 Å². The summed E-state index contributed by atoms with van der Waals surface area (Å²) in [5.74, 6) is 0.0240. The fourth-order valence-electron chi connectivity index (χ4n) is 0.899. The lowest BCUT2D eigenvalue weighted by molar-refractivity contribution is -0.137. The molecular weight excluding hydrogens is 230 g/mol. The first-order valence-corrected chi connectivity index (χ1v) is 5.20. The van der Waals surface area contributed by atoms with Crippen molar-refractivity contribution in [1.29, 1.82) is 5.26 Å². The molecular formula is C9H9N3O3S. The molecule has 0 aromatic carbocycles. The summed E-state index contributed by atoms with van der Waals surface area (Å²) < 4.78 is 9.44. The average Bonchev–Trinajstić information content (AvgIpc) is 2.34. The zero-order chi connectivity index (χ0) is 12.0. The predicted molar refractivity (Wildman–Crippen MR) is 56.0 cm³/mol. The number of esters is 1. The van der Waals surface area contributed by atoms with Gasteiger partial charge in [0.2, 0.25) is 0 Å². The molecule has 0 unspecified atom stereocenters. The van der Waals surface area contributed by atoms with Gasteiger partial charge in [-0.25, -0.2) is 0 Å². The van der Waals surface area contributed by atoms with Gasteiger partial charge in [0.05, 0.1) is 26.2 Å². The van der Waals surface area contributed by atoms with E-state index in [2.05, 4.69) is 14.9 Å². The minimum atomic E-state index is -0.390. The molecule has 0 aliphatic carbocycles. The van der Waals surface area contributed by atoms with E-state index in [0.717, 1.165) is 11.8 Å². The maximum absolute atomic E-state index is 10.9. The summed E-state index contributed by atoms with van der Waals surface area (Å²) in [6.07, 6.45) is 1.35. The molecule has 1 heterocycles. The second-order valence-electron chi connectivity index (χ2n) is 2.57. The number of carbonyl (C=O) groups is 1. The number of nitrogens with zero attached hydrogens (tertiary/aromatic N) is 3. The van der Waals surface area contributed by atoms with Gasteiger partial charge in [-0.05, 0) is 0 Å². The van der Waals surface area contributed by atoms with Gasteiger partial charge in [0.1, 0.15) is 16.7 Å². The van der Waals surface area contributed by atoms with E-state index in [1.54, 1.807) is 0 Å². The Morgan fingerprint density at radius 1 is 1.62 bits per heavy atom. The van der Waals surface area contributed by atoms with Gasteiger partial charge in [0, 0.05) is 0 Å². The summed E-state index contributed by atoms with van der Waals surface area (Å²) in [6.45, 7) is 0. The largest absolute Gasteiger partial charge is 0.494 e. The van der Waals surface area contributed by atoms with Gasteiger partial charge in [-0.3, -0.25) is 4.79 Å². The first kappa shape index (κ1) is 12.3. The molecule has 7 heteroatoms. The lowest BCUT2D eigenvalue weighted by Gasteiger charge is -2.04. The van der Waals surface area contributed by atoms with Crippen LogP contribution in [0.5, 0.6) is 5.75 Å². The second-order valence-corrected chi connectivity index (χ2v) is 3.53. The fourth-order valence-corrected chi connectivity index (χ4v) is 1.67. The molecule has 1 rings (SSSR count). The minimum Gasteiger partial charge on any atom is -0.494 e. The van der Waals surface area contributed by atoms with Crippen LogP contribution in [0.25, 0.3) is 0 Å². The van der Waals surface area contributed by atoms with E-state index in [0.29, 0.717) is 10.8 Å². The quantitative estimate of drug-likeness (QED) is 0.562. The fraction of sp³-hybridized carbons (Fsp3) is 0.333. The van der Waals surface area contributed by atoms with Crippen LogP contribution in [0.2, 0.25) is 0 Å². The molecule has 0 atom stereocenters. The Balaban J connectivity index is 2.88. The van der Waals surface area contributed by atoms with Gasteiger partial charge in [0.25, 0.3) is 0 Å². The van der Waals surface area contributed by atoms with Crippen molar-refractivity contribution in [1.82, 2.24) is 10.2 Å². The molecule has 0 amide bonds. The Kier molecular flexibility index (Phi) is 4.54. The molecule has 1 aromatic heterocycles. The molecule has 0 aliphatic rings. The molecule has 0 saturated carbocycles. The van der Waals surface area contributed by atoms with Crippen LogP contribution in [-0.2, 0) is 9.53 Å². The highest BCUT2D eigenvalue weighted by molar-refractivity contribution is 7.99. The van der Waals surface area contributed by atoms with E-state index in [9.17, 15) is 4.79 Å². The number of aromatic nitrogens is 2. The van der Waals surface area contributed by atoms with E-state index >= 15 is 0 Å². The zero-order valence-electron chi connectivity index (χ0n) is 8.76. The van der Waals surface area contributed by atoms with Crippen molar-refractivity contribution in [2.75, 3.05) is 20.0 Å². The summed E-state index contributed by atoms with van der Waals surface area (Å²) in [6, 6.07) is 1.96. The first-order valence-electron chi connectivity index (χ1n) is 4.22. The second kappa shape index (κ2) is 5.92. The third-order valence-electron chi connectivity index (χ3n) is 1.67. The van der Waals surface area contributed by atoms with Crippen molar-refractivity contribution in [2.24, 2.45) is 0 Å². The average molecular weight is 239 g/mol. The van der Waals surface area contributed by atoms with Gasteiger partial charge in [-0.15, -0.1) is 5.10 Å². The number of carbonyl (C=O) groups excluding carboxylic acids is 1. The van der Waals surface area contributed by atoms with Gasteiger partial charge < -0.3 is 9.47 Å². The number of thioether (sulfide) groups is 1. The molecule has 0 N–H and O–H groups in total. The molecule has 0 aliphatic heterocycles. The van der Waals surface area contributed by atoms with Crippen molar-refractivity contribution >= 4 is 17.7 Å². The lowest BCUT2D eigenvalue weighted by Crippen LogP contribution is -2.04. The molecule has 0 bridgehead atoms. The van der Waals surface area contributed by atoms with Crippen LogP contribution in [0.3, 0.4) is 0 Å². The molecule has 0 spiro atoms. The third kappa shape index (κ3) is 2.84. The number of rotatable bonds is 4. The standard InChI is InChI=1S/C9H9N3O3S/c1-14-7-4-11-12-9(6(7)3-10)16-5-8(13)15-2/h4H,5H2,1-2H3. The van der Waals surface area contributed by atoms with E-state index in [1.165, 1.54) is 20.4 Å². The number of methoxy groups -OCH3 is 2. The monoisotopic (exact) mass is 239 g/mol. The number of hydrogen-bond acceptors (Lipinski definition) is 7. The Labute approximate surface area is 96.6 Å². The Morgan fingerprint density at radius 3 is 2.94 bits per heavy atom. The maximum atomic E-state index is 10.9. The van der Waals surface area contributed by atoms with Gasteiger partial charge in [-0.1, -0.05) is 11.8 Å². The van der Waals surface area contributed by atoms with Crippen molar-refractivity contribution in [2.45, 2.75) is 5.03 Å². The topological polar surface area (TPSA) is 85.1 Å². The summed E-state index contributed by atoms with van der Waals surface area (Å²) in [5.41, 5.74) is 0.270. The van der Waals surface area contributed by atoms with Gasteiger partial charge >= 0.3 is 5.97 Å². The van der Waals surface area contributed by atoms with E-state index in [-0.39, 0.29) is 11.3 Å². The van der Waals surface area contributed by atoms with Crippen LogP contribution in [0.15, 0.2) is 11.2 Å². The molecule has 6 nitrogen and oxygen atoms in total. The Bertz CT molecular complexity index is 430. The van der Waals surface area contributed by atoms with Crippen LogP contribution >= 0.6 is 11.8 Å². The predicted octanol–water partition coefficient (Wildman–Crippen LogP) is 0.622. The smallest absolute Gasteiger partial charge is 0.316 e. The van der Waals surface area contributed by atoms with Crippen LogP contribution in [-0.4, -0.2) is 36.1 Å². The molecule has 84 valence electrons. The van der Waals surface area contributed by atoms with Crippen molar-refractivity contribution in [3.63, 3.8) is 0 Å². The summed E-state index contributed by atoms with van der Waals surface area (Å²) >= 11 is 1.08. The highest BCUT2D eigenvalue weighted by Crippen LogP contribution is 2.25.